The smallest absolute Gasteiger partial charge is 0.269 e. The summed E-state index contributed by atoms with van der Waals surface area (Å²) in [7, 11) is 0. The highest BCUT2D eigenvalue weighted by atomic mass is 79.9. The fourth-order valence-corrected chi connectivity index (χ4v) is 2.53. The van der Waals surface area contributed by atoms with Gasteiger partial charge in [-0.05, 0) is 39.9 Å². The average Bonchev–Trinajstić information content (AvgIpc) is 2.62. The summed E-state index contributed by atoms with van der Waals surface area (Å²) in [5.41, 5.74) is 2.79. The number of carbonyl (C=O) groups excluding carboxylic acids is 2. The lowest BCUT2D eigenvalue weighted by atomic mass is 10.0. The Hall–Kier alpha value is -1.42. The van der Waals surface area contributed by atoms with Crippen molar-refractivity contribution >= 4 is 33.4 Å². The summed E-state index contributed by atoms with van der Waals surface area (Å²) < 4.78 is 0.320. The van der Waals surface area contributed by atoms with Crippen LogP contribution in [-0.2, 0) is 22.4 Å². The first-order valence-electron chi connectivity index (χ1n) is 5.96. The van der Waals surface area contributed by atoms with Gasteiger partial charge in [-0.2, -0.15) is 0 Å². The van der Waals surface area contributed by atoms with Crippen LogP contribution in [0.15, 0.2) is 28.8 Å². The Kier molecular flexibility index (Phi) is 3.66. The molecule has 0 aliphatic carbocycles. The van der Waals surface area contributed by atoms with Crippen molar-refractivity contribution < 1.29 is 9.59 Å². The number of aryl methyl sites for hydroxylation is 2. The molecule has 0 fully saturated rings. The van der Waals surface area contributed by atoms with Gasteiger partial charge in [0.1, 0.15) is 0 Å². The Morgan fingerprint density at radius 2 is 1.67 bits per heavy atom. The van der Waals surface area contributed by atoms with Crippen LogP contribution in [0, 0.1) is 0 Å². The normalized spacial score (nSPS) is 15.3. The van der Waals surface area contributed by atoms with Crippen molar-refractivity contribution in [2.45, 2.75) is 26.7 Å². The Labute approximate surface area is 115 Å². The van der Waals surface area contributed by atoms with E-state index in [9.17, 15) is 9.59 Å². The average molecular weight is 308 g/mol. The Morgan fingerprint density at radius 1 is 1.11 bits per heavy atom. The van der Waals surface area contributed by atoms with E-state index in [1.54, 1.807) is 0 Å². The van der Waals surface area contributed by atoms with Crippen molar-refractivity contribution in [2.24, 2.45) is 0 Å². The highest BCUT2D eigenvalue weighted by molar-refractivity contribution is 9.12. The molecule has 0 radical (unpaired) electrons. The standard InChI is InChI=1S/C14H14BrNO2/c1-3-9-6-5-7-10(4-2)13(9)16-12(17)8-11(15)14(16)18/h5-8H,3-4H2,1-2H3. The molecule has 0 saturated heterocycles. The van der Waals surface area contributed by atoms with Gasteiger partial charge in [-0.25, -0.2) is 4.90 Å². The maximum atomic E-state index is 12.0. The van der Waals surface area contributed by atoms with Crippen LogP contribution in [0.5, 0.6) is 0 Å². The largest absolute Gasteiger partial charge is 0.272 e. The van der Waals surface area contributed by atoms with E-state index in [-0.39, 0.29) is 11.8 Å². The number of hydrogen-bond acceptors (Lipinski definition) is 2. The van der Waals surface area contributed by atoms with Crippen molar-refractivity contribution in [1.82, 2.24) is 0 Å². The van der Waals surface area contributed by atoms with Crippen molar-refractivity contribution in [3.05, 3.63) is 39.9 Å². The number of para-hydroxylation sites is 1. The third-order valence-electron chi connectivity index (χ3n) is 3.07. The van der Waals surface area contributed by atoms with E-state index >= 15 is 0 Å². The molecule has 0 atom stereocenters. The zero-order chi connectivity index (χ0) is 13.3. The second kappa shape index (κ2) is 5.06. The summed E-state index contributed by atoms with van der Waals surface area (Å²) in [4.78, 5) is 25.2. The van der Waals surface area contributed by atoms with E-state index in [4.69, 9.17) is 0 Å². The molecule has 2 amide bonds. The highest BCUT2D eigenvalue weighted by Gasteiger charge is 2.33. The van der Waals surface area contributed by atoms with E-state index < -0.39 is 0 Å². The van der Waals surface area contributed by atoms with Crippen LogP contribution in [0.25, 0.3) is 0 Å². The van der Waals surface area contributed by atoms with Crippen LogP contribution in [-0.4, -0.2) is 11.8 Å². The number of anilines is 1. The van der Waals surface area contributed by atoms with Gasteiger partial charge in [0, 0.05) is 6.08 Å². The van der Waals surface area contributed by atoms with Gasteiger partial charge < -0.3 is 0 Å². The molecule has 2 rings (SSSR count). The summed E-state index contributed by atoms with van der Waals surface area (Å²) >= 11 is 3.12. The third kappa shape index (κ3) is 2.01. The zero-order valence-electron chi connectivity index (χ0n) is 10.4. The minimum atomic E-state index is -0.282. The van der Waals surface area contributed by atoms with Crippen molar-refractivity contribution in [3.8, 4) is 0 Å². The predicted octanol–water partition coefficient (Wildman–Crippen LogP) is 2.96. The lowest BCUT2D eigenvalue weighted by molar-refractivity contribution is -0.120. The molecule has 0 aromatic heterocycles. The summed E-state index contributed by atoms with van der Waals surface area (Å²) in [5.74, 6) is -0.557. The third-order valence-corrected chi connectivity index (χ3v) is 3.63. The maximum absolute atomic E-state index is 12.0. The van der Waals surface area contributed by atoms with Crippen LogP contribution >= 0.6 is 15.9 Å². The van der Waals surface area contributed by atoms with E-state index in [1.165, 1.54) is 11.0 Å². The molecular weight excluding hydrogens is 294 g/mol. The van der Waals surface area contributed by atoms with Crippen molar-refractivity contribution in [2.75, 3.05) is 4.90 Å². The van der Waals surface area contributed by atoms with Crippen LogP contribution in [0.1, 0.15) is 25.0 Å². The van der Waals surface area contributed by atoms with E-state index in [2.05, 4.69) is 15.9 Å². The first kappa shape index (κ1) is 13.0. The molecule has 1 aliphatic rings. The molecular formula is C14H14BrNO2. The molecule has 4 heteroatoms. The molecule has 0 saturated carbocycles. The lowest BCUT2D eigenvalue weighted by Gasteiger charge is -2.21. The Bertz CT molecular complexity index is 526. The minimum absolute atomic E-state index is 0.275. The van der Waals surface area contributed by atoms with Crippen molar-refractivity contribution in [3.63, 3.8) is 0 Å². The molecule has 0 spiro atoms. The molecule has 1 aromatic carbocycles. The first-order valence-corrected chi connectivity index (χ1v) is 6.75. The fourth-order valence-electron chi connectivity index (χ4n) is 2.16. The number of hydrogen-bond donors (Lipinski definition) is 0. The summed E-state index contributed by atoms with van der Waals surface area (Å²) in [6, 6.07) is 5.89. The summed E-state index contributed by atoms with van der Waals surface area (Å²) in [6.07, 6.45) is 2.91. The monoisotopic (exact) mass is 307 g/mol. The lowest BCUT2D eigenvalue weighted by Crippen LogP contribution is -2.32. The molecule has 1 aliphatic heterocycles. The SMILES string of the molecule is CCc1cccc(CC)c1N1C(=O)C=C(Br)C1=O. The molecule has 18 heavy (non-hydrogen) atoms. The van der Waals surface area contributed by atoms with Gasteiger partial charge in [0.05, 0.1) is 10.2 Å². The highest BCUT2D eigenvalue weighted by Crippen LogP contribution is 2.32. The van der Waals surface area contributed by atoms with Crippen LogP contribution in [0.2, 0.25) is 0 Å². The number of rotatable bonds is 3. The number of carbonyl (C=O) groups is 2. The Balaban J connectivity index is 2.58. The summed E-state index contributed by atoms with van der Waals surface area (Å²) in [5, 5.41) is 0. The predicted molar refractivity (Wildman–Crippen MR) is 74.7 cm³/mol. The van der Waals surface area contributed by atoms with Gasteiger partial charge in [0.2, 0.25) is 0 Å². The second-order valence-electron chi connectivity index (χ2n) is 4.10. The van der Waals surface area contributed by atoms with Crippen molar-refractivity contribution in [1.29, 1.82) is 0 Å². The molecule has 0 bridgehead atoms. The molecule has 1 aromatic rings. The van der Waals surface area contributed by atoms with Gasteiger partial charge >= 0.3 is 0 Å². The zero-order valence-corrected chi connectivity index (χ0v) is 12.0. The topological polar surface area (TPSA) is 37.4 Å². The van der Waals surface area contributed by atoms with Gasteiger partial charge in [-0.3, -0.25) is 9.59 Å². The number of nitrogens with zero attached hydrogens (tertiary/aromatic N) is 1. The number of amides is 2. The second-order valence-corrected chi connectivity index (χ2v) is 4.96. The van der Waals surface area contributed by atoms with Gasteiger partial charge in [0.15, 0.2) is 0 Å². The van der Waals surface area contributed by atoms with Crippen LogP contribution < -0.4 is 4.90 Å². The first-order chi connectivity index (χ1) is 8.60. The fraction of sp³-hybridized carbons (Fsp3) is 0.286. The minimum Gasteiger partial charge on any atom is -0.269 e. The quantitative estimate of drug-likeness (QED) is 0.805. The Morgan fingerprint density at radius 3 is 2.06 bits per heavy atom. The van der Waals surface area contributed by atoms with Crippen LogP contribution in [0.4, 0.5) is 5.69 Å². The van der Waals surface area contributed by atoms with Gasteiger partial charge in [0.25, 0.3) is 11.8 Å². The molecule has 3 nitrogen and oxygen atoms in total. The number of benzene rings is 1. The molecule has 0 N–H and O–H groups in total. The molecule has 94 valence electrons. The van der Waals surface area contributed by atoms with E-state index in [1.807, 2.05) is 32.0 Å². The summed E-state index contributed by atoms with van der Waals surface area (Å²) in [6.45, 7) is 4.04. The molecule has 0 unspecified atom stereocenters. The number of halogens is 1. The maximum Gasteiger partial charge on any atom is 0.272 e. The van der Waals surface area contributed by atoms with Crippen LogP contribution in [0.3, 0.4) is 0 Å². The molecule has 1 heterocycles. The van der Waals surface area contributed by atoms with Gasteiger partial charge in [-0.15, -0.1) is 0 Å². The van der Waals surface area contributed by atoms with E-state index in [0.29, 0.717) is 4.48 Å². The van der Waals surface area contributed by atoms with E-state index in [0.717, 1.165) is 29.7 Å². The van der Waals surface area contributed by atoms with Gasteiger partial charge in [-0.1, -0.05) is 32.0 Å². The number of imide groups is 1.